The summed E-state index contributed by atoms with van der Waals surface area (Å²) >= 11 is 0. The van der Waals surface area contributed by atoms with E-state index in [1.807, 2.05) is 0 Å². The van der Waals surface area contributed by atoms with Gasteiger partial charge in [0.25, 0.3) is 0 Å². The fraction of sp³-hybridized carbons (Fsp3) is 0.680. The molecule has 0 amide bonds. The third-order valence-corrected chi connectivity index (χ3v) is 8.35. The molecule has 4 aliphatic rings. The molecule has 6 rings (SSSR count). The van der Waals surface area contributed by atoms with Crippen LogP contribution in [0.15, 0.2) is 18.3 Å². The van der Waals surface area contributed by atoms with Gasteiger partial charge in [0.1, 0.15) is 5.60 Å². The second-order valence-corrected chi connectivity index (χ2v) is 11.1. The first-order valence-corrected chi connectivity index (χ1v) is 12.6. The van der Waals surface area contributed by atoms with Gasteiger partial charge in [-0.25, -0.2) is 4.98 Å². The monoisotopic (exact) mass is 488 g/mol. The number of rotatable bonds is 6. The van der Waals surface area contributed by atoms with Crippen molar-refractivity contribution < 1.29 is 18.3 Å². The van der Waals surface area contributed by atoms with Gasteiger partial charge in [0.05, 0.1) is 12.3 Å². The van der Waals surface area contributed by atoms with Gasteiger partial charge in [-0.05, 0) is 57.7 Å². The normalized spacial score (nSPS) is 30.1. The van der Waals surface area contributed by atoms with E-state index in [0.29, 0.717) is 35.1 Å². The molecule has 2 N–H and O–H groups in total. The summed E-state index contributed by atoms with van der Waals surface area (Å²) in [4.78, 5) is 9.05. The van der Waals surface area contributed by atoms with Gasteiger partial charge < -0.3 is 20.1 Å². The molecule has 10 heteroatoms. The summed E-state index contributed by atoms with van der Waals surface area (Å²) in [5.74, 6) is 1.68. The molecule has 35 heavy (non-hydrogen) atoms. The minimum atomic E-state index is -2.95. The third kappa shape index (κ3) is 4.09. The summed E-state index contributed by atoms with van der Waals surface area (Å²) < 4.78 is 38.3. The number of halogens is 2. The second-order valence-electron chi connectivity index (χ2n) is 11.1. The van der Waals surface area contributed by atoms with E-state index in [1.165, 1.54) is 24.6 Å². The van der Waals surface area contributed by atoms with Crippen LogP contribution in [0.2, 0.25) is 0 Å². The summed E-state index contributed by atoms with van der Waals surface area (Å²) in [6.07, 6.45) is 4.00. The zero-order valence-corrected chi connectivity index (χ0v) is 20.5. The lowest BCUT2D eigenvalue weighted by molar-refractivity contribution is -0.190. The third-order valence-electron chi connectivity index (χ3n) is 8.35. The number of anilines is 1. The second kappa shape index (κ2) is 8.38. The molecular weight excluding hydrogens is 454 g/mol. The van der Waals surface area contributed by atoms with E-state index in [1.54, 1.807) is 6.20 Å². The molecule has 1 spiro atoms. The standard InChI is InChI=1S/C25H34F2N6O2/c1-14(2)33-20(9-19(30-33)15-6-21(35-24(26)27)23(28)29-10-15)22-17-7-16(8-18(17)22)32-12-25(13-32)11-31(3)4-5-34-25/h6,9-10,14,16-18,22,24H,4-5,7-8,11-13H2,1-3H3,(H2,28,29)/t16?,17-,18+,22?. The Hall–Kier alpha value is -2.30. The number of ether oxygens (including phenoxy) is 2. The average molecular weight is 489 g/mol. The molecule has 4 heterocycles. The van der Waals surface area contributed by atoms with Gasteiger partial charge in [0.15, 0.2) is 11.6 Å². The van der Waals surface area contributed by atoms with Gasteiger partial charge in [0.2, 0.25) is 0 Å². The van der Waals surface area contributed by atoms with Gasteiger partial charge in [-0.15, -0.1) is 0 Å². The lowest BCUT2D eigenvalue weighted by Crippen LogP contribution is -2.71. The molecule has 2 aliphatic heterocycles. The fourth-order valence-corrected chi connectivity index (χ4v) is 6.73. The molecule has 2 aromatic heterocycles. The predicted molar refractivity (Wildman–Crippen MR) is 127 cm³/mol. The van der Waals surface area contributed by atoms with E-state index < -0.39 is 6.61 Å². The van der Waals surface area contributed by atoms with Gasteiger partial charge >= 0.3 is 6.61 Å². The molecule has 190 valence electrons. The maximum Gasteiger partial charge on any atom is 0.387 e. The van der Waals surface area contributed by atoms with Gasteiger partial charge in [-0.2, -0.15) is 13.9 Å². The Morgan fingerprint density at radius 2 is 1.91 bits per heavy atom. The van der Waals surface area contributed by atoms with Crippen LogP contribution in [-0.2, 0) is 4.74 Å². The van der Waals surface area contributed by atoms with E-state index in [-0.39, 0.29) is 23.2 Å². The molecule has 4 fully saturated rings. The smallest absolute Gasteiger partial charge is 0.387 e. The Kier molecular flexibility index (Phi) is 5.54. The lowest BCUT2D eigenvalue weighted by Gasteiger charge is -2.55. The Labute approximate surface area is 204 Å². The molecule has 2 aliphatic carbocycles. The first-order valence-electron chi connectivity index (χ1n) is 12.6. The minimum Gasteiger partial charge on any atom is -0.431 e. The molecule has 2 saturated heterocycles. The number of hydrogen-bond acceptors (Lipinski definition) is 7. The number of fused-ring (bicyclic) bond motifs is 1. The highest BCUT2D eigenvalue weighted by atomic mass is 19.3. The van der Waals surface area contributed by atoms with Crippen molar-refractivity contribution in [2.75, 3.05) is 45.6 Å². The van der Waals surface area contributed by atoms with E-state index >= 15 is 0 Å². The van der Waals surface area contributed by atoms with Gasteiger partial charge in [0, 0.05) is 61.6 Å². The van der Waals surface area contributed by atoms with Crippen molar-refractivity contribution in [3.05, 3.63) is 24.0 Å². The molecule has 0 bridgehead atoms. The van der Waals surface area contributed by atoms with Crippen LogP contribution in [0.1, 0.15) is 44.3 Å². The number of aromatic nitrogens is 3. The van der Waals surface area contributed by atoms with Crippen LogP contribution in [0.25, 0.3) is 11.3 Å². The van der Waals surface area contributed by atoms with Crippen LogP contribution in [0.3, 0.4) is 0 Å². The molecule has 0 aromatic carbocycles. The topological polar surface area (TPSA) is 81.7 Å². The van der Waals surface area contributed by atoms with Crippen LogP contribution in [0, 0.1) is 11.8 Å². The molecule has 0 radical (unpaired) electrons. The number of nitrogens with zero attached hydrogens (tertiary/aromatic N) is 5. The van der Waals surface area contributed by atoms with Crippen LogP contribution in [-0.4, -0.2) is 82.7 Å². The van der Waals surface area contributed by atoms with Crippen LogP contribution in [0.4, 0.5) is 14.6 Å². The summed E-state index contributed by atoms with van der Waals surface area (Å²) in [6, 6.07) is 4.44. The number of morpholine rings is 1. The van der Waals surface area contributed by atoms with Crippen LogP contribution in [0.5, 0.6) is 5.75 Å². The predicted octanol–water partition coefficient (Wildman–Crippen LogP) is 3.22. The summed E-state index contributed by atoms with van der Waals surface area (Å²) in [6.45, 7) is 6.28. The van der Waals surface area contributed by atoms with Crippen LogP contribution < -0.4 is 10.5 Å². The summed E-state index contributed by atoms with van der Waals surface area (Å²) in [5.41, 5.74) is 8.33. The van der Waals surface area contributed by atoms with Crippen LogP contribution >= 0.6 is 0 Å². The maximum atomic E-state index is 12.8. The summed E-state index contributed by atoms with van der Waals surface area (Å²) in [5, 5.41) is 4.83. The minimum absolute atomic E-state index is 0.0460. The zero-order valence-electron chi connectivity index (χ0n) is 20.5. The van der Waals surface area contributed by atoms with E-state index in [9.17, 15) is 8.78 Å². The van der Waals surface area contributed by atoms with Crippen molar-refractivity contribution in [3.8, 4) is 17.0 Å². The highest BCUT2D eigenvalue weighted by Gasteiger charge is 2.61. The van der Waals surface area contributed by atoms with Crippen molar-refractivity contribution in [2.24, 2.45) is 11.8 Å². The molecular formula is C25H34F2N6O2. The van der Waals surface area contributed by atoms with Crippen molar-refractivity contribution in [1.82, 2.24) is 24.6 Å². The number of nitrogen functional groups attached to an aromatic ring is 1. The van der Waals surface area contributed by atoms with E-state index in [4.69, 9.17) is 15.6 Å². The van der Waals surface area contributed by atoms with Gasteiger partial charge in [-0.1, -0.05) is 0 Å². The highest BCUT2D eigenvalue weighted by Crippen LogP contribution is 2.64. The Morgan fingerprint density at radius 1 is 1.17 bits per heavy atom. The van der Waals surface area contributed by atoms with Crippen molar-refractivity contribution in [1.29, 1.82) is 0 Å². The number of pyridine rings is 1. The highest BCUT2D eigenvalue weighted by molar-refractivity contribution is 5.64. The fourth-order valence-electron chi connectivity index (χ4n) is 6.73. The maximum absolute atomic E-state index is 12.8. The number of alkyl halides is 2. The SMILES string of the molecule is CC(C)n1nc(-c2cnc(N)c(OC(F)F)c2)cc1C1[C@H]2CC(N3CC4(CN(C)CCO4)C3)C[C@@H]12. The summed E-state index contributed by atoms with van der Waals surface area (Å²) in [7, 11) is 2.18. The Balaban J connectivity index is 1.15. The van der Waals surface area contributed by atoms with Crippen molar-refractivity contribution in [3.63, 3.8) is 0 Å². The average Bonchev–Trinajstić information content (AvgIpc) is 3.13. The quantitative estimate of drug-likeness (QED) is 0.669. The van der Waals surface area contributed by atoms with Gasteiger partial charge in [-0.3, -0.25) is 9.58 Å². The number of likely N-dealkylation sites (N-methyl/N-ethyl adjacent to an activating group) is 1. The Morgan fingerprint density at radius 3 is 2.57 bits per heavy atom. The lowest BCUT2D eigenvalue weighted by atomic mass is 9.88. The number of likely N-dealkylation sites (tertiary alicyclic amines) is 1. The largest absolute Gasteiger partial charge is 0.431 e. The first-order chi connectivity index (χ1) is 16.7. The van der Waals surface area contributed by atoms with E-state index in [0.717, 1.165) is 32.8 Å². The number of hydrogen-bond donors (Lipinski definition) is 1. The zero-order chi connectivity index (χ0) is 24.5. The van der Waals surface area contributed by atoms with Crippen molar-refractivity contribution >= 4 is 5.82 Å². The first kappa shape index (κ1) is 23.1. The number of nitrogens with two attached hydrogens (primary N) is 1. The van der Waals surface area contributed by atoms with E-state index in [2.05, 4.69) is 51.2 Å². The molecule has 2 aromatic rings. The Bertz CT molecular complexity index is 1090. The molecule has 4 atom stereocenters. The van der Waals surface area contributed by atoms with Crippen molar-refractivity contribution in [2.45, 2.75) is 56.9 Å². The molecule has 2 saturated carbocycles. The molecule has 8 nitrogen and oxygen atoms in total. The molecule has 2 unspecified atom stereocenters.